The van der Waals surface area contributed by atoms with E-state index in [1.807, 2.05) is 0 Å². The third-order valence-corrected chi connectivity index (χ3v) is 5.68. The van der Waals surface area contributed by atoms with Gasteiger partial charge >= 0.3 is 6.03 Å². The molecule has 0 radical (unpaired) electrons. The van der Waals surface area contributed by atoms with Crippen molar-refractivity contribution in [3.8, 4) is 0 Å². The molecular formula is C21H30N6O. The van der Waals surface area contributed by atoms with Gasteiger partial charge in [0, 0.05) is 51.3 Å². The van der Waals surface area contributed by atoms with Gasteiger partial charge in [-0.3, -0.25) is 0 Å². The lowest BCUT2D eigenvalue weighted by Gasteiger charge is -2.17. The van der Waals surface area contributed by atoms with Crippen molar-refractivity contribution in [3.05, 3.63) is 41.5 Å². The van der Waals surface area contributed by atoms with Gasteiger partial charge in [0.25, 0.3) is 0 Å². The molecule has 0 spiro atoms. The molecule has 7 heteroatoms. The van der Waals surface area contributed by atoms with Gasteiger partial charge in [0.1, 0.15) is 11.6 Å². The average molecular weight is 383 g/mol. The molecule has 0 aliphatic carbocycles. The van der Waals surface area contributed by atoms with E-state index in [2.05, 4.69) is 54.6 Å². The molecular weight excluding hydrogens is 352 g/mol. The fraction of sp³-hybridized carbons (Fsp3) is 0.571. The molecule has 0 saturated carbocycles. The van der Waals surface area contributed by atoms with Gasteiger partial charge < -0.3 is 20.1 Å². The molecule has 3 heterocycles. The molecule has 1 aromatic heterocycles. The summed E-state index contributed by atoms with van der Waals surface area (Å²) in [5.74, 6) is 2.07. The van der Waals surface area contributed by atoms with Crippen LogP contribution in [0.25, 0.3) is 0 Å². The Hall–Kier alpha value is -2.57. The summed E-state index contributed by atoms with van der Waals surface area (Å²) in [6.07, 6.45) is 7.91. The number of benzene rings is 1. The van der Waals surface area contributed by atoms with Crippen LogP contribution in [0.3, 0.4) is 0 Å². The quantitative estimate of drug-likeness (QED) is 0.805. The van der Waals surface area contributed by atoms with E-state index < -0.39 is 0 Å². The van der Waals surface area contributed by atoms with E-state index in [4.69, 9.17) is 0 Å². The molecule has 2 aliphatic heterocycles. The van der Waals surface area contributed by atoms with Gasteiger partial charge in [-0.2, -0.15) is 0 Å². The van der Waals surface area contributed by atoms with Crippen molar-refractivity contribution in [3.63, 3.8) is 0 Å². The Bertz CT molecular complexity index is 779. The topological polar surface area (TPSA) is 75.1 Å². The van der Waals surface area contributed by atoms with E-state index in [0.29, 0.717) is 19.5 Å². The summed E-state index contributed by atoms with van der Waals surface area (Å²) in [5, 5.41) is 14.5. The highest BCUT2D eigenvalue weighted by atomic mass is 16.2. The van der Waals surface area contributed by atoms with E-state index in [9.17, 15) is 4.79 Å². The van der Waals surface area contributed by atoms with Crippen molar-refractivity contribution in [1.29, 1.82) is 0 Å². The van der Waals surface area contributed by atoms with Crippen molar-refractivity contribution < 1.29 is 4.79 Å². The summed E-state index contributed by atoms with van der Waals surface area (Å²) in [6, 6.07) is 8.35. The molecule has 2 amide bonds. The van der Waals surface area contributed by atoms with Gasteiger partial charge in [-0.05, 0) is 43.4 Å². The maximum Gasteiger partial charge on any atom is 0.315 e. The Balaban J connectivity index is 1.19. The van der Waals surface area contributed by atoms with Gasteiger partial charge in [-0.1, -0.05) is 18.6 Å². The first kappa shape index (κ1) is 18.8. The minimum Gasteiger partial charge on any atom is -0.372 e. The lowest BCUT2D eigenvalue weighted by atomic mass is 10.2. The highest BCUT2D eigenvalue weighted by Gasteiger charge is 2.15. The summed E-state index contributed by atoms with van der Waals surface area (Å²) in [7, 11) is 0. The van der Waals surface area contributed by atoms with Crippen molar-refractivity contribution in [1.82, 2.24) is 25.4 Å². The van der Waals surface area contributed by atoms with E-state index in [-0.39, 0.29) is 6.03 Å². The van der Waals surface area contributed by atoms with Crippen LogP contribution in [-0.4, -0.2) is 40.4 Å². The lowest BCUT2D eigenvalue weighted by Crippen LogP contribution is -2.36. The standard InChI is InChI=1S/C21H30N6O/c28-21(22-12-11-20-25-24-19-6-2-1-3-15-27(19)20)23-16-17-7-9-18(10-8-17)26-13-4-5-14-26/h7-10H,1-6,11-16H2,(H2,22,23,28). The van der Waals surface area contributed by atoms with Crippen LogP contribution in [0.5, 0.6) is 0 Å². The highest BCUT2D eigenvalue weighted by molar-refractivity contribution is 5.73. The molecule has 1 fully saturated rings. The van der Waals surface area contributed by atoms with Crippen LogP contribution in [0, 0.1) is 0 Å². The van der Waals surface area contributed by atoms with Gasteiger partial charge in [0.15, 0.2) is 0 Å². The Morgan fingerprint density at radius 3 is 2.54 bits per heavy atom. The Morgan fingerprint density at radius 2 is 1.71 bits per heavy atom. The number of aryl methyl sites for hydroxylation is 1. The number of aromatic nitrogens is 3. The highest BCUT2D eigenvalue weighted by Crippen LogP contribution is 2.20. The predicted octanol–water partition coefficient (Wildman–Crippen LogP) is 2.65. The zero-order valence-electron chi connectivity index (χ0n) is 16.5. The molecule has 0 atom stereocenters. The zero-order chi connectivity index (χ0) is 19.2. The van der Waals surface area contributed by atoms with Crippen LogP contribution in [0.1, 0.15) is 49.3 Å². The molecule has 2 N–H and O–H groups in total. The predicted molar refractivity (Wildman–Crippen MR) is 109 cm³/mol. The maximum absolute atomic E-state index is 12.1. The monoisotopic (exact) mass is 382 g/mol. The van der Waals surface area contributed by atoms with E-state index in [0.717, 1.165) is 43.3 Å². The molecule has 2 aromatic rings. The molecule has 1 saturated heterocycles. The summed E-state index contributed by atoms with van der Waals surface area (Å²) < 4.78 is 2.23. The first-order valence-corrected chi connectivity index (χ1v) is 10.6. The van der Waals surface area contributed by atoms with Crippen LogP contribution in [0.4, 0.5) is 10.5 Å². The Labute approximate surface area is 166 Å². The largest absolute Gasteiger partial charge is 0.372 e. The molecule has 150 valence electrons. The van der Waals surface area contributed by atoms with Crippen molar-refractivity contribution >= 4 is 11.7 Å². The number of nitrogens with zero attached hydrogens (tertiary/aromatic N) is 4. The number of carbonyl (C=O) groups is 1. The molecule has 0 unspecified atom stereocenters. The molecule has 2 aliphatic rings. The number of carbonyl (C=O) groups excluding carboxylic acids is 1. The van der Waals surface area contributed by atoms with Crippen molar-refractivity contribution in [2.45, 2.75) is 58.0 Å². The summed E-state index contributed by atoms with van der Waals surface area (Å²) >= 11 is 0. The normalized spacial score (nSPS) is 16.5. The molecule has 0 bridgehead atoms. The van der Waals surface area contributed by atoms with E-state index in [1.54, 1.807) is 0 Å². The summed E-state index contributed by atoms with van der Waals surface area (Å²) in [5.41, 5.74) is 2.39. The van der Waals surface area contributed by atoms with Gasteiger partial charge in [0.2, 0.25) is 0 Å². The second-order valence-electron chi connectivity index (χ2n) is 7.71. The minimum absolute atomic E-state index is 0.140. The number of hydrogen-bond donors (Lipinski definition) is 2. The Kier molecular flexibility index (Phi) is 6.09. The van der Waals surface area contributed by atoms with Gasteiger partial charge in [-0.25, -0.2) is 4.79 Å². The number of nitrogens with one attached hydrogen (secondary N) is 2. The third kappa shape index (κ3) is 4.64. The number of urea groups is 1. The smallest absolute Gasteiger partial charge is 0.315 e. The lowest BCUT2D eigenvalue weighted by molar-refractivity contribution is 0.240. The molecule has 1 aromatic carbocycles. The Morgan fingerprint density at radius 1 is 0.929 bits per heavy atom. The fourth-order valence-corrected chi connectivity index (χ4v) is 4.06. The summed E-state index contributed by atoms with van der Waals surface area (Å²) in [6.45, 7) is 4.39. The van der Waals surface area contributed by atoms with Crippen molar-refractivity contribution in [2.24, 2.45) is 0 Å². The van der Waals surface area contributed by atoms with E-state index in [1.165, 1.54) is 37.8 Å². The average Bonchev–Trinajstić information content (AvgIpc) is 3.32. The second kappa shape index (κ2) is 9.08. The van der Waals surface area contributed by atoms with Crippen LogP contribution >= 0.6 is 0 Å². The number of amides is 2. The van der Waals surface area contributed by atoms with Gasteiger partial charge in [-0.15, -0.1) is 10.2 Å². The number of anilines is 1. The maximum atomic E-state index is 12.1. The van der Waals surface area contributed by atoms with Crippen LogP contribution in [0.2, 0.25) is 0 Å². The van der Waals surface area contributed by atoms with Crippen molar-refractivity contribution in [2.75, 3.05) is 24.5 Å². The number of hydrogen-bond acceptors (Lipinski definition) is 4. The summed E-state index contributed by atoms with van der Waals surface area (Å²) in [4.78, 5) is 14.5. The zero-order valence-corrected chi connectivity index (χ0v) is 16.5. The minimum atomic E-state index is -0.140. The number of rotatable bonds is 6. The second-order valence-corrected chi connectivity index (χ2v) is 7.71. The SMILES string of the molecule is O=C(NCCc1nnc2n1CCCCC2)NCc1ccc(N2CCCC2)cc1. The fourth-order valence-electron chi connectivity index (χ4n) is 4.06. The first-order chi connectivity index (χ1) is 13.8. The third-order valence-electron chi connectivity index (χ3n) is 5.68. The molecule has 7 nitrogen and oxygen atoms in total. The molecule has 4 rings (SSSR count). The van der Waals surface area contributed by atoms with Crippen LogP contribution in [-0.2, 0) is 25.9 Å². The van der Waals surface area contributed by atoms with Crippen LogP contribution < -0.4 is 15.5 Å². The number of fused-ring (bicyclic) bond motifs is 1. The molecule has 28 heavy (non-hydrogen) atoms. The first-order valence-electron chi connectivity index (χ1n) is 10.6. The van der Waals surface area contributed by atoms with Gasteiger partial charge in [0.05, 0.1) is 0 Å². The van der Waals surface area contributed by atoms with E-state index >= 15 is 0 Å². The van der Waals surface area contributed by atoms with Crippen LogP contribution in [0.15, 0.2) is 24.3 Å².